The maximum atomic E-state index is 13.5. The standard InChI is InChI=1S/C17H12Cl2F3N3/c1-9-2-5-11(6-3-9)25-16(23)14(15(24-25)17(20,21)22)10-4-7-12(18)13(19)8-10/h2-8H,23H2,1H3. The summed E-state index contributed by atoms with van der Waals surface area (Å²) in [6, 6.07) is 11.0. The van der Waals surface area contributed by atoms with Gasteiger partial charge in [-0.2, -0.15) is 18.3 Å². The van der Waals surface area contributed by atoms with Gasteiger partial charge in [0.15, 0.2) is 5.69 Å². The van der Waals surface area contributed by atoms with Gasteiger partial charge in [-0.15, -0.1) is 0 Å². The van der Waals surface area contributed by atoms with Crippen LogP contribution in [0.1, 0.15) is 11.3 Å². The van der Waals surface area contributed by atoms with Crippen molar-refractivity contribution in [1.82, 2.24) is 9.78 Å². The van der Waals surface area contributed by atoms with Crippen molar-refractivity contribution >= 4 is 29.0 Å². The first kappa shape index (κ1) is 17.6. The number of nitrogens with two attached hydrogens (primary N) is 1. The summed E-state index contributed by atoms with van der Waals surface area (Å²) in [6.45, 7) is 1.87. The van der Waals surface area contributed by atoms with Crippen LogP contribution < -0.4 is 5.73 Å². The van der Waals surface area contributed by atoms with Crippen LogP contribution >= 0.6 is 23.2 Å². The average Bonchev–Trinajstić information content (AvgIpc) is 2.89. The van der Waals surface area contributed by atoms with Gasteiger partial charge in [0.25, 0.3) is 0 Å². The molecule has 0 bridgehead atoms. The van der Waals surface area contributed by atoms with Crippen LogP contribution in [0, 0.1) is 6.92 Å². The Bertz CT molecular complexity index is 932. The third kappa shape index (κ3) is 3.32. The maximum absolute atomic E-state index is 13.5. The van der Waals surface area contributed by atoms with E-state index in [0.717, 1.165) is 10.2 Å². The number of nitrogen functional groups attached to an aromatic ring is 1. The summed E-state index contributed by atoms with van der Waals surface area (Å²) in [5.74, 6) is -0.130. The Kier molecular flexibility index (Phi) is 4.43. The molecule has 0 amide bonds. The lowest BCUT2D eigenvalue weighted by Crippen LogP contribution is -2.08. The summed E-state index contributed by atoms with van der Waals surface area (Å²) in [5, 5.41) is 4.07. The van der Waals surface area contributed by atoms with Crippen LogP contribution in [0.4, 0.5) is 19.0 Å². The molecule has 8 heteroatoms. The molecule has 0 fully saturated rings. The molecular weight excluding hydrogens is 374 g/mol. The molecule has 130 valence electrons. The molecule has 2 aromatic carbocycles. The van der Waals surface area contributed by atoms with Gasteiger partial charge in [0.05, 0.1) is 21.3 Å². The van der Waals surface area contributed by atoms with Gasteiger partial charge < -0.3 is 5.73 Å². The van der Waals surface area contributed by atoms with Crippen molar-refractivity contribution in [3.63, 3.8) is 0 Å². The molecule has 0 atom stereocenters. The van der Waals surface area contributed by atoms with Crippen LogP contribution in [0.3, 0.4) is 0 Å². The van der Waals surface area contributed by atoms with Crippen LogP contribution in [-0.4, -0.2) is 9.78 Å². The molecule has 0 aliphatic rings. The highest BCUT2D eigenvalue weighted by molar-refractivity contribution is 6.42. The Hall–Kier alpha value is -2.18. The summed E-state index contributed by atoms with van der Waals surface area (Å²) >= 11 is 11.8. The number of alkyl halides is 3. The monoisotopic (exact) mass is 385 g/mol. The normalized spacial score (nSPS) is 11.8. The molecule has 2 N–H and O–H groups in total. The Morgan fingerprint density at radius 3 is 2.20 bits per heavy atom. The van der Waals surface area contributed by atoms with Crippen LogP contribution in [0.2, 0.25) is 10.0 Å². The Morgan fingerprint density at radius 1 is 1.00 bits per heavy atom. The fraction of sp³-hybridized carbons (Fsp3) is 0.118. The van der Waals surface area contributed by atoms with E-state index < -0.39 is 11.9 Å². The summed E-state index contributed by atoms with van der Waals surface area (Å²) in [5.41, 5.74) is 6.30. The summed E-state index contributed by atoms with van der Waals surface area (Å²) in [6.07, 6.45) is -4.68. The zero-order chi connectivity index (χ0) is 18.4. The van der Waals surface area contributed by atoms with E-state index in [2.05, 4.69) is 5.10 Å². The van der Waals surface area contributed by atoms with Gasteiger partial charge in [0.1, 0.15) is 5.82 Å². The molecule has 0 saturated carbocycles. The number of aryl methyl sites for hydroxylation is 1. The first-order valence-electron chi connectivity index (χ1n) is 7.16. The van der Waals surface area contributed by atoms with Gasteiger partial charge >= 0.3 is 6.18 Å². The molecule has 3 rings (SSSR count). The molecule has 3 aromatic rings. The minimum atomic E-state index is -4.68. The first-order chi connectivity index (χ1) is 11.7. The van der Waals surface area contributed by atoms with Gasteiger partial charge in [-0.3, -0.25) is 0 Å². The molecule has 0 unspecified atom stereocenters. The van der Waals surface area contributed by atoms with Gasteiger partial charge in [0.2, 0.25) is 0 Å². The summed E-state index contributed by atoms with van der Waals surface area (Å²) in [4.78, 5) is 0. The zero-order valence-corrected chi connectivity index (χ0v) is 14.4. The number of halogens is 5. The van der Waals surface area contributed by atoms with Gasteiger partial charge in [-0.1, -0.05) is 47.0 Å². The molecule has 0 saturated heterocycles. The third-order valence-corrected chi connectivity index (χ3v) is 4.42. The van der Waals surface area contributed by atoms with Crippen molar-refractivity contribution < 1.29 is 13.2 Å². The Balaban J connectivity index is 2.26. The van der Waals surface area contributed by atoms with E-state index in [1.54, 1.807) is 24.3 Å². The summed E-state index contributed by atoms with van der Waals surface area (Å²) < 4.78 is 41.6. The average molecular weight is 386 g/mol. The largest absolute Gasteiger partial charge is 0.435 e. The fourth-order valence-electron chi connectivity index (χ4n) is 2.45. The number of anilines is 1. The highest BCUT2D eigenvalue weighted by Crippen LogP contribution is 2.42. The number of nitrogens with zero attached hydrogens (tertiary/aromatic N) is 2. The highest BCUT2D eigenvalue weighted by Gasteiger charge is 2.39. The highest BCUT2D eigenvalue weighted by atomic mass is 35.5. The van der Waals surface area contributed by atoms with Crippen LogP contribution in [0.15, 0.2) is 42.5 Å². The minimum absolute atomic E-state index is 0.130. The molecule has 0 aliphatic heterocycles. The second-order valence-electron chi connectivity index (χ2n) is 5.48. The van der Waals surface area contributed by atoms with E-state index in [1.165, 1.54) is 18.2 Å². The van der Waals surface area contributed by atoms with Crippen molar-refractivity contribution in [1.29, 1.82) is 0 Å². The van der Waals surface area contributed by atoms with E-state index in [-0.39, 0.29) is 27.0 Å². The topological polar surface area (TPSA) is 43.8 Å². The van der Waals surface area contributed by atoms with E-state index in [1.807, 2.05) is 6.92 Å². The van der Waals surface area contributed by atoms with Gasteiger partial charge in [0, 0.05) is 0 Å². The minimum Gasteiger partial charge on any atom is -0.383 e. The van der Waals surface area contributed by atoms with Crippen molar-refractivity contribution in [3.05, 3.63) is 63.8 Å². The van der Waals surface area contributed by atoms with Crippen LogP contribution in [-0.2, 0) is 6.18 Å². The Morgan fingerprint density at radius 2 is 1.64 bits per heavy atom. The lowest BCUT2D eigenvalue weighted by Gasteiger charge is -2.08. The van der Waals surface area contributed by atoms with Crippen molar-refractivity contribution in [2.45, 2.75) is 13.1 Å². The summed E-state index contributed by atoms with van der Waals surface area (Å²) in [7, 11) is 0. The lowest BCUT2D eigenvalue weighted by atomic mass is 10.1. The smallest absolute Gasteiger partial charge is 0.383 e. The number of rotatable bonds is 2. The molecule has 1 heterocycles. The molecule has 1 aromatic heterocycles. The number of hydrogen-bond donors (Lipinski definition) is 1. The van der Waals surface area contributed by atoms with E-state index in [4.69, 9.17) is 28.9 Å². The maximum Gasteiger partial charge on any atom is 0.435 e. The van der Waals surface area contributed by atoms with Crippen molar-refractivity contribution in [2.75, 3.05) is 5.73 Å². The molecule has 0 aliphatic carbocycles. The van der Waals surface area contributed by atoms with Crippen LogP contribution in [0.25, 0.3) is 16.8 Å². The SMILES string of the molecule is Cc1ccc(-n2nc(C(F)(F)F)c(-c3ccc(Cl)c(Cl)c3)c2N)cc1. The Labute approximate surface area is 151 Å². The van der Waals surface area contributed by atoms with Crippen molar-refractivity contribution in [3.8, 4) is 16.8 Å². The predicted octanol–water partition coefficient (Wildman–Crippen LogP) is 5.76. The number of benzene rings is 2. The molecule has 25 heavy (non-hydrogen) atoms. The molecule has 3 nitrogen and oxygen atoms in total. The fourth-order valence-corrected chi connectivity index (χ4v) is 2.75. The molecular formula is C17H12Cl2F3N3. The second-order valence-corrected chi connectivity index (χ2v) is 6.30. The number of hydrogen-bond acceptors (Lipinski definition) is 2. The molecule has 0 radical (unpaired) electrons. The molecule has 0 spiro atoms. The van der Waals surface area contributed by atoms with E-state index in [0.29, 0.717) is 5.69 Å². The zero-order valence-electron chi connectivity index (χ0n) is 12.9. The first-order valence-corrected chi connectivity index (χ1v) is 7.92. The quantitative estimate of drug-likeness (QED) is 0.609. The lowest BCUT2D eigenvalue weighted by molar-refractivity contribution is -0.140. The van der Waals surface area contributed by atoms with Crippen molar-refractivity contribution in [2.24, 2.45) is 0 Å². The second kappa shape index (κ2) is 6.28. The third-order valence-electron chi connectivity index (χ3n) is 3.68. The van der Waals surface area contributed by atoms with Gasteiger partial charge in [-0.05, 0) is 36.8 Å². The van der Waals surface area contributed by atoms with E-state index in [9.17, 15) is 13.2 Å². The van der Waals surface area contributed by atoms with Crippen LogP contribution in [0.5, 0.6) is 0 Å². The number of aromatic nitrogens is 2. The predicted molar refractivity (Wildman–Crippen MR) is 93.2 cm³/mol. The van der Waals surface area contributed by atoms with Gasteiger partial charge in [-0.25, -0.2) is 4.68 Å². The van der Waals surface area contributed by atoms with E-state index >= 15 is 0 Å².